The van der Waals surface area contributed by atoms with Gasteiger partial charge in [0.2, 0.25) is 5.91 Å². The molecule has 1 aromatic heterocycles. The SMILES string of the molecule is O=C(CC1CCCC1)N1CCCC1CCc1nncn1-c1ccccc1. The number of likely N-dealkylation sites (tertiary alicyclic amines) is 1. The molecule has 1 saturated heterocycles. The van der Waals surface area contributed by atoms with E-state index in [1.54, 1.807) is 6.33 Å². The maximum Gasteiger partial charge on any atom is 0.223 e. The Kier molecular flexibility index (Phi) is 5.32. The van der Waals surface area contributed by atoms with Gasteiger partial charge in [-0.3, -0.25) is 9.36 Å². The number of nitrogens with zero attached hydrogens (tertiary/aromatic N) is 4. The van der Waals surface area contributed by atoms with Crippen molar-refractivity contribution in [3.8, 4) is 5.69 Å². The van der Waals surface area contributed by atoms with Gasteiger partial charge in [-0.15, -0.1) is 10.2 Å². The zero-order valence-corrected chi connectivity index (χ0v) is 15.4. The van der Waals surface area contributed by atoms with Crippen LogP contribution in [0.4, 0.5) is 0 Å². The summed E-state index contributed by atoms with van der Waals surface area (Å²) in [5.74, 6) is 1.99. The predicted octanol–water partition coefficient (Wildman–Crippen LogP) is 3.77. The highest BCUT2D eigenvalue weighted by molar-refractivity contribution is 5.77. The Bertz CT molecular complexity index is 721. The van der Waals surface area contributed by atoms with Crippen LogP contribution >= 0.6 is 0 Å². The zero-order valence-electron chi connectivity index (χ0n) is 15.4. The van der Waals surface area contributed by atoms with E-state index in [0.717, 1.165) is 50.2 Å². The van der Waals surface area contributed by atoms with Crippen LogP contribution in [0.2, 0.25) is 0 Å². The second kappa shape index (κ2) is 8.02. The number of carbonyl (C=O) groups is 1. The molecule has 138 valence electrons. The fourth-order valence-electron chi connectivity index (χ4n) is 4.57. The maximum absolute atomic E-state index is 12.8. The van der Waals surface area contributed by atoms with E-state index in [1.807, 2.05) is 18.2 Å². The van der Waals surface area contributed by atoms with E-state index in [1.165, 1.54) is 25.7 Å². The summed E-state index contributed by atoms with van der Waals surface area (Å²) >= 11 is 0. The van der Waals surface area contributed by atoms with Gasteiger partial charge in [0, 0.05) is 31.1 Å². The van der Waals surface area contributed by atoms with Crippen molar-refractivity contribution < 1.29 is 4.79 Å². The highest BCUT2D eigenvalue weighted by Gasteiger charge is 2.30. The molecular weight excluding hydrogens is 324 g/mol. The first-order valence-corrected chi connectivity index (χ1v) is 10.0. The molecule has 1 aromatic carbocycles. The molecule has 0 spiro atoms. The Morgan fingerprint density at radius 3 is 2.69 bits per heavy atom. The lowest BCUT2D eigenvalue weighted by Crippen LogP contribution is -2.36. The number of aryl methyl sites for hydroxylation is 1. The van der Waals surface area contributed by atoms with Crippen LogP contribution in [0.1, 0.15) is 57.2 Å². The monoisotopic (exact) mass is 352 g/mol. The van der Waals surface area contributed by atoms with Crippen molar-refractivity contribution in [2.75, 3.05) is 6.54 Å². The topological polar surface area (TPSA) is 51.0 Å². The quantitative estimate of drug-likeness (QED) is 0.795. The van der Waals surface area contributed by atoms with E-state index < -0.39 is 0 Å². The van der Waals surface area contributed by atoms with Gasteiger partial charge in [0.1, 0.15) is 12.2 Å². The van der Waals surface area contributed by atoms with Gasteiger partial charge >= 0.3 is 0 Å². The lowest BCUT2D eigenvalue weighted by molar-refractivity contribution is -0.133. The summed E-state index contributed by atoms with van der Waals surface area (Å²) in [4.78, 5) is 14.9. The van der Waals surface area contributed by atoms with Crippen LogP contribution in [-0.2, 0) is 11.2 Å². The van der Waals surface area contributed by atoms with E-state index >= 15 is 0 Å². The molecule has 2 fully saturated rings. The number of hydrogen-bond donors (Lipinski definition) is 0. The molecule has 1 saturated carbocycles. The van der Waals surface area contributed by atoms with E-state index in [0.29, 0.717) is 17.9 Å². The van der Waals surface area contributed by atoms with Gasteiger partial charge in [-0.05, 0) is 50.2 Å². The first-order valence-electron chi connectivity index (χ1n) is 10.0. The van der Waals surface area contributed by atoms with Crippen LogP contribution in [-0.4, -0.2) is 38.2 Å². The minimum atomic E-state index is 0.366. The average Bonchev–Trinajstić information content (AvgIpc) is 3.42. The summed E-state index contributed by atoms with van der Waals surface area (Å²) in [7, 11) is 0. The molecule has 0 radical (unpaired) electrons. The summed E-state index contributed by atoms with van der Waals surface area (Å²) in [6.45, 7) is 0.932. The van der Waals surface area contributed by atoms with Gasteiger partial charge in [0.25, 0.3) is 0 Å². The van der Waals surface area contributed by atoms with Crippen molar-refractivity contribution in [3.05, 3.63) is 42.5 Å². The van der Waals surface area contributed by atoms with Gasteiger partial charge in [0.15, 0.2) is 0 Å². The van der Waals surface area contributed by atoms with E-state index in [2.05, 4.69) is 31.8 Å². The number of aromatic nitrogens is 3. The van der Waals surface area contributed by atoms with Crippen molar-refractivity contribution in [1.82, 2.24) is 19.7 Å². The van der Waals surface area contributed by atoms with Crippen LogP contribution in [0.3, 0.4) is 0 Å². The number of benzene rings is 1. The Balaban J connectivity index is 1.37. The Morgan fingerprint density at radius 2 is 1.88 bits per heavy atom. The van der Waals surface area contributed by atoms with Crippen LogP contribution in [0.25, 0.3) is 5.69 Å². The van der Waals surface area contributed by atoms with Gasteiger partial charge in [-0.2, -0.15) is 0 Å². The molecule has 5 nitrogen and oxygen atoms in total. The highest BCUT2D eigenvalue weighted by Crippen LogP contribution is 2.30. The van der Waals surface area contributed by atoms with Crippen LogP contribution in [0.15, 0.2) is 36.7 Å². The van der Waals surface area contributed by atoms with Crippen molar-refractivity contribution in [2.45, 2.75) is 63.8 Å². The van der Waals surface area contributed by atoms with Gasteiger partial charge < -0.3 is 4.90 Å². The first kappa shape index (κ1) is 17.3. The molecule has 1 amide bonds. The third-order valence-electron chi connectivity index (χ3n) is 5.99. The molecule has 0 N–H and O–H groups in total. The smallest absolute Gasteiger partial charge is 0.223 e. The van der Waals surface area contributed by atoms with Crippen molar-refractivity contribution in [2.24, 2.45) is 5.92 Å². The third kappa shape index (κ3) is 3.81. The van der Waals surface area contributed by atoms with Crippen LogP contribution in [0.5, 0.6) is 0 Å². The highest BCUT2D eigenvalue weighted by atomic mass is 16.2. The van der Waals surface area contributed by atoms with Crippen molar-refractivity contribution in [1.29, 1.82) is 0 Å². The standard InChI is InChI=1S/C21H28N4O/c26-21(15-17-7-4-5-8-17)24-14-6-11-19(24)12-13-20-23-22-16-25(20)18-9-2-1-3-10-18/h1-3,9-10,16-17,19H,4-8,11-15H2. The van der Waals surface area contributed by atoms with Gasteiger partial charge in [-0.25, -0.2) is 0 Å². The molecule has 2 aliphatic rings. The summed E-state index contributed by atoms with van der Waals surface area (Å²) < 4.78 is 2.06. The molecule has 1 atom stereocenters. The molecule has 1 unspecified atom stereocenters. The van der Waals surface area contributed by atoms with Crippen molar-refractivity contribution in [3.63, 3.8) is 0 Å². The number of para-hydroxylation sites is 1. The first-order chi connectivity index (χ1) is 12.8. The molecule has 2 heterocycles. The number of carbonyl (C=O) groups excluding carboxylic acids is 1. The second-order valence-corrected chi connectivity index (χ2v) is 7.73. The lowest BCUT2D eigenvalue weighted by atomic mass is 10.0. The van der Waals surface area contributed by atoms with Gasteiger partial charge in [-0.1, -0.05) is 31.0 Å². The molecule has 2 aromatic rings. The molecule has 1 aliphatic carbocycles. The average molecular weight is 352 g/mol. The van der Waals surface area contributed by atoms with E-state index in [9.17, 15) is 4.79 Å². The minimum absolute atomic E-state index is 0.366. The number of hydrogen-bond acceptors (Lipinski definition) is 3. The Hall–Kier alpha value is -2.17. The summed E-state index contributed by atoms with van der Waals surface area (Å²) in [6, 6.07) is 10.6. The van der Waals surface area contributed by atoms with Gasteiger partial charge in [0.05, 0.1) is 0 Å². The fraction of sp³-hybridized carbons (Fsp3) is 0.571. The predicted molar refractivity (Wildman–Crippen MR) is 101 cm³/mol. The largest absolute Gasteiger partial charge is 0.340 e. The summed E-state index contributed by atoms with van der Waals surface area (Å²) in [6.07, 6.45) is 11.7. The molecule has 26 heavy (non-hydrogen) atoms. The maximum atomic E-state index is 12.8. The van der Waals surface area contributed by atoms with Crippen LogP contribution < -0.4 is 0 Å². The summed E-state index contributed by atoms with van der Waals surface area (Å²) in [5, 5.41) is 8.41. The Morgan fingerprint density at radius 1 is 1.08 bits per heavy atom. The third-order valence-corrected chi connectivity index (χ3v) is 5.99. The molecule has 0 bridgehead atoms. The molecular formula is C21H28N4O. The Labute approximate surface area is 155 Å². The fourth-order valence-corrected chi connectivity index (χ4v) is 4.57. The minimum Gasteiger partial charge on any atom is -0.340 e. The number of amides is 1. The normalized spacial score (nSPS) is 20.8. The second-order valence-electron chi connectivity index (χ2n) is 7.73. The molecule has 5 heteroatoms. The number of rotatable bonds is 6. The lowest BCUT2D eigenvalue weighted by Gasteiger charge is -2.26. The van der Waals surface area contributed by atoms with Crippen molar-refractivity contribution >= 4 is 5.91 Å². The van der Waals surface area contributed by atoms with E-state index in [-0.39, 0.29) is 0 Å². The molecule has 4 rings (SSSR count). The summed E-state index contributed by atoms with van der Waals surface area (Å²) in [5.41, 5.74) is 1.09. The zero-order chi connectivity index (χ0) is 17.8. The van der Waals surface area contributed by atoms with E-state index in [4.69, 9.17) is 0 Å². The van der Waals surface area contributed by atoms with Crippen LogP contribution in [0, 0.1) is 5.92 Å². The molecule has 1 aliphatic heterocycles.